The average molecular weight is 741 g/mol. The molecule has 3 rings (SSSR count). The van der Waals surface area contributed by atoms with Crippen LogP contribution in [-0.4, -0.2) is 114 Å². The zero-order valence-corrected chi connectivity index (χ0v) is 29.3. The fraction of sp³-hybridized carbons (Fsp3) is 0.667. The van der Waals surface area contributed by atoms with E-state index in [9.17, 15) is 43.9 Å². The number of amides is 1. The summed E-state index contributed by atoms with van der Waals surface area (Å²) in [5.41, 5.74) is 8.02. The minimum atomic E-state index is -2.57. The predicted octanol–water partition coefficient (Wildman–Crippen LogP) is -0.651. The topological polar surface area (TPSA) is 292 Å². The van der Waals surface area contributed by atoms with Gasteiger partial charge in [0.1, 0.15) is 25.0 Å². The lowest BCUT2D eigenvalue weighted by Crippen LogP contribution is -2.69. The number of carbonyl (C=O) groups is 6. The van der Waals surface area contributed by atoms with Crippen molar-refractivity contribution in [1.82, 2.24) is 14.9 Å². The van der Waals surface area contributed by atoms with E-state index in [2.05, 4.69) is 20.3 Å². The number of methoxy groups -OCH3 is 1. The first-order valence-electron chi connectivity index (χ1n) is 15.7. The molecular weight excluding hydrogens is 700 g/mol. The molecule has 22 nitrogen and oxygen atoms in total. The van der Waals surface area contributed by atoms with Gasteiger partial charge in [0.05, 0.1) is 38.3 Å². The molecule has 2 aliphatic rings. The number of azide groups is 1. The van der Waals surface area contributed by atoms with Crippen molar-refractivity contribution in [3.05, 3.63) is 43.0 Å². The van der Waals surface area contributed by atoms with Crippen LogP contribution in [0.15, 0.2) is 20.9 Å². The van der Waals surface area contributed by atoms with Gasteiger partial charge in [0.25, 0.3) is 11.3 Å². The number of carbonyl (C=O) groups excluding carboxylic acids is 6. The molecule has 2 N–H and O–H groups in total. The van der Waals surface area contributed by atoms with E-state index in [-0.39, 0.29) is 12.0 Å². The molecule has 0 radical (unpaired) electrons. The normalized spacial score (nSPS) is 26.4. The molecule has 1 amide bonds. The van der Waals surface area contributed by atoms with Gasteiger partial charge in [-0.25, -0.2) is 9.59 Å². The highest BCUT2D eigenvalue weighted by Gasteiger charge is 2.59. The van der Waals surface area contributed by atoms with Crippen LogP contribution in [0.25, 0.3) is 10.4 Å². The quantitative estimate of drug-likeness (QED) is 0.0787. The molecule has 286 valence electrons. The molecule has 3 heterocycles. The van der Waals surface area contributed by atoms with E-state index >= 15 is 0 Å². The molecule has 52 heavy (non-hydrogen) atoms. The minimum absolute atomic E-state index is 0.0758. The number of hydrogen-bond acceptors (Lipinski definition) is 17. The minimum Gasteiger partial charge on any atom is -0.465 e. The lowest BCUT2D eigenvalue weighted by Gasteiger charge is -2.48. The van der Waals surface area contributed by atoms with Gasteiger partial charge in [-0.15, -0.1) is 0 Å². The molecule has 0 aromatic carbocycles. The van der Waals surface area contributed by atoms with E-state index in [0.717, 1.165) is 46.3 Å². The highest BCUT2D eigenvalue weighted by Crippen LogP contribution is 2.39. The zero-order valence-electron chi connectivity index (χ0n) is 29.3. The van der Waals surface area contributed by atoms with Gasteiger partial charge >= 0.3 is 35.5 Å². The first-order valence-corrected chi connectivity index (χ1v) is 15.7. The number of aromatic amines is 1. The Balaban J connectivity index is 2.14. The van der Waals surface area contributed by atoms with Crippen LogP contribution in [0, 0.1) is 6.92 Å². The molecule has 1 aromatic heterocycles. The maximum absolute atomic E-state index is 13.6. The molecule has 2 fully saturated rings. The third-order valence-electron chi connectivity index (χ3n) is 7.84. The van der Waals surface area contributed by atoms with Crippen LogP contribution in [0.3, 0.4) is 0 Å². The van der Waals surface area contributed by atoms with Crippen LogP contribution in [0.2, 0.25) is 0 Å². The fourth-order valence-corrected chi connectivity index (χ4v) is 5.79. The number of H-pyrrole nitrogens is 1. The Hall–Kier alpha value is -5.31. The van der Waals surface area contributed by atoms with Crippen molar-refractivity contribution >= 4 is 35.8 Å². The van der Waals surface area contributed by atoms with Gasteiger partial charge in [-0.1, -0.05) is 5.11 Å². The van der Waals surface area contributed by atoms with Crippen LogP contribution < -0.4 is 16.6 Å². The standard InChI is InChI=1S/C30H40N6O16/c1-13-10-36(29(44)33-27(13)42)23-8-19(34-35-31)21(51-23)12-47-30(28(43)45-7)9-20(48-16(4)39)24(32-14(2)37)26(52-30)25(50-18(6)41)22(49-17(5)40)11-46-15(3)38/h10,19-26H,8-9,11-12H2,1-7H3,(H,32,37)(H,33,42,44)/t19-,20-,21+,22+,23+,24+,25+,26+,30-/m0/s1. The summed E-state index contributed by atoms with van der Waals surface area (Å²) < 4.78 is 45.8. The largest absolute Gasteiger partial charge is 0.465 e. The zero-order chi connectivity index (χ0) is 38.9. The number of ether oxygens (including phenoxy) is 8. The highest BCUT2D eigenvalue weighted by atomic mass is 16.7. The van der Waals surface area contributed by atoms with Crippen molar-refractivity contribution in [3.8, 4) is 0 Å². The second-order valence-corrected chi connectivity index (χ2v) is 11.9. The Kier molecular flexibility index (Phi) is 14.0. The number of nitrogens with zero attached hydrogens (tertiary/aromatic N) is 4. The van der Waals surface area contributed by atoms with Crippen molar-refractivity contribution in [2.24, 2.45) is 5.11 Å². The van der Waals surface area contributed by atoms with Crippen LogP contribution in [0.4, 0.5) is 0 Å². The summed E-state index contributed by atoms with van der Waals surface area (Å²) >= 11 is 0. The van der Waals surface area contributed by atoms with Gasteiger partial charge in [0, 0.05) is 57.7 Å². The average Bonchev–Trinajstić information content (AvgIpc) is 3.45. The lowest BCUT2D eigenvalue weighted by atomic mass is 9.88. The van der Waals surface area contributed by atoms with Gasteiger partial charge < -0.3 is 43.2 Å². The second kappa shape index (κ2) is 17.8. The summed E-state index contributed by atoms with van der Waals surface area (Å²) in [6.45, 7) is 5.37. The number of aryl methyl sites for hydroxylation is 1. The Morgan fingerprint density at radius 3 is 2.31 bits per heavy atom. The lowest BCUT2D eigenvalue weighted by molar-refractivity contribution is -0.318. The summed E-state index contributed by atoms with van der Waals surface area (Å²) in [5.74, 6) is -8.05. The summed E-state index contributed by atoms with van der Waals surface area (Å²) in [5, 5.41) is 6.27. The Morgan fingerprint density at radius 1 is 1.08 bits per heavy atom. The van der Waals surface area contributed by atoms with Gasteiger partial charge in [-0.3, -0.25) is 38.3 Å². The Labute approximate surface area is 294 Å². The maximum Gasteiger partial charge on any atom is 0.366 e. The third-order valence-corrected chi connectivity index (χ3v) is 7.84. The van der Waals surface area contributed by atoms with E-state index in [1.807, 2.05) is 0 Å². The first kappa shape index (κ1) is 41.1. The summed E-state index contributed by atoms with van der Waals surface area (Å²) in [7, 11) is 0.980. The van der Waals surface area contributed by atoms with Crippen LogP contribution >= 0.6 is 0 Å². The molecular formula is C30H40N6O16. The molecule has 0 spiro atoms. The number of hydrogen-bond donors (Lipinski definition) is 2. The smallest absolute Gasteiger partial charge is 0.366 e. The van der Waals surface area contributed by atoms with E-state index in [4.69, 9.17) is 37.9 Å². The van der Waals surface area contributed by atoms with Crippen molar-refractivity contribution in [1.29, 1.82) is 0 Å². The number of rotatable bonds is 14. The van der Waals surface area contributed by atoms with Gasteiger partial charge in [-0.2, -0.15) is 0 Å². The van der Waals surface area contributed by atoms with Crippen molar-refractivity contribution in [3.63, 3.8) is 0 Å². The van der Waals surface area contributed by atoms with Gasteiger partial charge in [0.2, 0.25) is 5.91 Å². The van der Waals surface area contributed by atoms with Gasteiger partial charge in [0.15, 0.2) is 12.2 Å². The second-order valence-electron chi connectivity index (χ2n) is 11.9. The van der Waals surface area contributed by atoms with Crippen molar-refractivity contribution in [2.45, 2.75) is 109 Å². The molecule has 9 atom stereocenters. The van der Waals surface area contributed by atoms with Crippen LogP contribution in [-0.2, 0) is 66.7 Å². The predicted molar refractivity (Wildman–Crippen MR) is 169 cm³/mol. The third kappa shape index (κ3) is 10.4. The molecule has 0 aliphatic carbocycles. The molecule has 22 heteroatoms. The first-order chi connectivity index (χ1) is 24.4. The number of nitrogens with one attached hydrogen (secondary N) is 2. The number of esters is 5. The van der Waals surface area contributed by atoms with E-state index in [1.165, 1.54) is 13.1 Å². The van der Waals surface area contributed by atoms with Crippen LogP contribution in [0.1, 0.15) is 59.3 Å². The van der Waals surface area contributed by atoms with Crippen molar-refractivity contribution in [2.75, 3.05) is 20.3 Å². The fourth-order valence-electron chi connectivity index (χ4n) is 5.79. The molecule has 0 saturated carbocycles. The van der Waals surface area contributed by atoms with E-state index < -0.39 is 121 Å². The van der Waals surface area contributed by atoms with E-state index in [1.54, 1.807) is 0 Å². The summed E-state index contributed by atoms with van der Waals surface area (Å²) in [6.07, 6.45) is -8.38. The highest BCUT2D eigenvalue weighted by molar-refractivity contribution is 5.79. The number of aromatic nitrogens is 2. The Morgan fingerprint density at radius 2 is 1.75 bits per heavy atom. The monoisotopic (exact) mass is 740 g/mol. The molecule has 2 saturated heterocycles. The van der Waals surface area contributed by atoms with Crippen molar-refractivity contribution < 1.29 is 66.7 Å². The molecule has 0 bridgehead atoms. The maximum atomic E-state index is 13.6. The molecule has 0 unspecified atom stereocenters. The van der Waals surface area contributed by atoms with Gasteiger partial charge in [-0.05, 0) is 12.5 Å². The van der Waals surface area contributed by atoms with Crippen LogP contribution in [0.5, 0.6) is 0 Å². The summed E-state index contributed by atoms with van der Waals surface area (Å²) in [6, 6.07) is -2.44. The van der Waals surface area contributed by atoms with E-state index in [0.29, 0.717) is 0 Å². The molecule has 2 aliphatic heterocycles. The SMILES string of the molecule is COC(=O)[C@]1(OC[C@H]2O[C@@H](n3cc(C)c(=O)[nH]c3=O)C[C@@H]2N=[N+]=[N-])C[C@H](OC(C)=O)[C@@H](NC(C)=O)[C@H]([C@H](OC(C)=O)[C@@H](COC(C)=O)OC(C)=O)O1. The molecule has 1 aromatic rings. The summed E-state index contributed by atoms with van der Waals surface area (Å²) in [4.78, 5) is 104. The Bertz CT molecular complexity index is 1700.